The summed E-state index contributed by atoms with van der Waals surface area (Å²) in [7, 11) is 1.46. The molecule has 98 valence electrons. The largest absolute Gasteiger partial charge is 0.495 e. The monoisotopic (exact) mass is 317 g/mol. The van der Waals surface area contributed by atoms with Crippen LogP contribution >= 0.6 is 15.9 Å². The molecule has 1 aromatic carbocycles. The molecule has 4 nitrogen and oxygen atoms in total. The third-order valence-corrected chi connectivity index (χ3v) is 3.88. The lowest BCUT2D eigenvalue weighted by molar-refractivity contribution is -0.141. The van der Waals surface area contributed by atoms with Crippen molar-refractivity contribution in [3.63, 3.8) is 0 Å². The lowest BCUT2D eigenvalue weighted by atomic mass is 9.99. The van der Waals surface area contributed by atoms with Gasteiger partial charge in [0.2, 0.25) is 0 Å². The molecule has 6 heteroatoms. The zero-order valence-electron chi connectivity index (χ0n) is 9.74. The molecule has 2 atom stereocenters. The summed E-state index contributed by atoms with van der Waals surface area (Å²) in [4.78, 5) is 10.9. The second-order valence-corrected chi connectivity index (χ2v) is 5.01. The summed E-state index contributed by atoms with van der Waals surface area (Å²) in [6.45, 7) is 0.415. The first-order valence-electron chi connectivity index (χ1n) is 5.52. The van der Waals surface area contributed by atoms with Crippen molar-refractivity contribution >= 4 is 21.9 Å². The van der Waals surface area contributed by atoms with Crippen LogP contribution in [0.5, 0.6) is 5.75 Å². The highest BCUT2D eigenvalue weighted by Crippen LogP contribution is 2.38. The average molecular weight is 318 g/mol. The smallest absolute Gasteiger partial charge is 0.307 e. The molecule has 1 aromatic rings. The van der Waals surface area contributed by atoms with Crippen LogP contribution in [-0.4, -0.2) is 24.7 Å². The van der Waals surface area contributed by atoms with E-state index in [0.29, 0.717) is 18.7 Å². The Balaban J connectivity index is 2.30. The number of carboxylic acids is 1. The SMILES string of the molecule is COc1c(C2CC(C(=O)O)CN2)ccc(F)c1Br. The Kier molecular flexibility index (Phi) is 3.87. The molecule has 2 N–H and O–H groups in total. The Morgan fingerprint density at radius 1 is 1.61 bits per heavy atom. The summed E-state index contributed by atoms with van der Waals surface area (Å²) in [5, 5.41) is 12.1. The number of methoxy groups -OCH3 is 1. The van der Waals surface area contributed by atoms with Crippen LogP contribution in [-0.2, 0) is 4.79 Å². The number of aliphatic carboxylic acids is 1. The first kappa shape index (κ1) is 13.3. The van der Waals surface area contributed by atoms with Gasteiger partial charge in [0, 0.05) is 18.2 Å². The maximum atomic E-state index is 13.4. The lowest BCUT2D eigenvalue weighted by Crippen LogP contribution is -2.17. The molecule has 1 aliphatic heterocycles. The average Bonchev–Trinajstić information content (AvgIpc) is 2.82. The summed E-state index contributed by atoms with van der Waals surface area (Å²) in [5.74, 6) is -1.21. The number of ether oxygens (including phenoxy) is 1. The number of halogens is 2. The highest BCUT2D eigenvalue weighted by atomic mass is 79.9. The van der Waals surface area contributed by atoms with Gasteiger partial charge < -0.3 is 15.2 Å². The van der Waals surface area contributed by atoms with Gasteiger partial charge in [-0.3, -0.25) is 4.79 Å². The van der Waals surface area contributed by atoms with Crippen LogP contribution in [0.2, 0.25) is 0 Å². The molecule has 2 unspecified atom stereocenters. The Hall–Kier alpha value is -1.14. The molecule has 18 heavy (non-hydrogen) atoms. The minimum Gasteiger partial charge on any atom is -0.495 e. The standard InChI is InChI=1S/C12H13BrFNO3/c1-18-11-7(2-3-8(14)10(11)13)9-4-6(5-15-9)12(16)17/h2-3,6,9,15H,4-5H2,1H3,(H,16,17). The van der Waals surface area contributed by atoms with Gasteiger partial charge in [-0.05, 0) is 28.4 Å². The molecule has 0 saturated carbocycles. The zero-order valence-corrected chi connectivity index (χ0v) is 11.3. The van der Waals surface area contributed by atoms with E-state index in [1.54, 1.807) is 6.07 Å². The maximum Gasteiger partial charge on any atom is 0.307 e. The third-order valence-electron chi connectivity index (χ3n) is 3.14. The molecule has 1 fully saturated rings. The lowest BCUT2D eigenvalue weighted by Gasteiger charge is -2.16. The summed E-state index contributed by atoms with van der Waals surface area (Å²) >= 11 is 3.14. The van der Waals surface area contributed by atoms with E-state index in [4.69, 9.17) is 9.84 Å². The molecule has 0 radical (unpaired) electrons. The van der Waals surface area contributed by atoms with Crippen LogP contribution < -0.4 is 10.1 Å². The molecule has 1 heterocycles. The maximum absolute atomic E-state index is 13.4. The van der Waals surface area contributed by atoms with E-state index in [1.807, 2.05) is 0 Å². The second kappa shape index (κ2) is 5.24. The van der Waals surface area contributed by atoms with E-state index in [2.05, 4.69) is 21.2 Å². The van der Waals surface area contributed by atoms with Crippen LogP contribution in [0.15, 0.2) is 16.6 Å². The van der Waals surface area contributed by atoms with Crippen molar-refractivity contribution in [2.45, 2.75) is 12.5 Å². The summed E-state index contributed by atoms with van der Waals surface area (Å²) in [6.07, 6.45) is 0.476. The van der Waals surface area contributed by atoms with E-state index in [9.17, 15) is 9.18 Å². The van der Waals surface area contributed by atoms with Crippen molar-refractivity contribution in [2.75, 3.05) is 13.7 Å². The quantitative estimate of drug-likeness (QED) is 0.898. The van der Waals surface area contributed by atoms with Gasteiger partial charge in [0.15, 0.2) is 0 Å². The Morgan fingerprint density at radius 3 is 2.89 bits per heavy atom. The number of hydrogen-bond acceptors (Lipinski definition) is 3. The molecule has 0 aliphatic carbocycles. The van der Waals surface area contributed by atoms with Crippen molar-refractivity contribution in [1.29, 1.82) is 0 Å². The number of benzene rings is 1. The van der Waals surface area contributed by atoms with Crippen molar-refractivity contribution in [2.24, 2.45) is 5.92 Å². The topological polar surface area (TPSA) is 58.6 Å². The Morgan fingerprint density at radius 2 is 2.33 bits per heavy atom. The van der Waals surface area contributed by atoms with Gasteiger partial charge in [0.25, 0.3) is 0 Å². The van der Waals surface area contributed by atoms with Gasteiger partial charge in [-0.15, -0.1) is 0 Å². The fourth-order valence-electron chi connectivity index (χ4n) is 2.19. The molecular weight excluding hydrogens is 305 g/mol. The zero-order chi connectivity index (χ0) is 13.3. The first-order valence-corrected chi connectivity index (χ1v) is 6.32. The number of carboxylic acid groups (broad SMARTS) is 1. The molecule has 1 aliphatic rings. The van der Waals surface area contributed by atoms with Crippen LogP contribution in [0.4, 0.5) is 4.39 Å². The number of nitrogens with one attached hydrogen (secondary N) is 1. The second-order valence-electron chi connectivity index (χ2n) is 4.22. The van der Waals surface area contributed by atoms with Crippen molar-refractivity contribution < 1.29 is 19.0 Å². The van der Waals surface area contributed by atoms with Gasteiger partial charge >= 0.3 is 5.97 Å². The van der Waals surface area contributed by atoms with E-state index < -0.39 is 17.7 Å². The highest BCUT2D eigenvalue weighted by Gasteiger charge is 2.32. The minimum atomic E-state index is -0.815. The van der Waals surface area contributed by atoms with Crippen LogP contribution in [0.3, 0.4) is 0 Å². The van der Waals surface area contributed by atoms with Crippen molar-refractivity contribution in [1.82, 2.24) is 5.32 Å². The normalized spacial score (nSPS) is 23.1. The molecule has 0 spiro atoms. The van der Waals surface area contributed by atoms with Gasteiger partial charge in [-0.25, -0.2) is 4.39 Å². The van der Waals surface area contributed by atoms with Gasteiger partial charge in [0.05, 0.1) is 17.5 Å². The van der Waals surface area contributed by atoms with Gasteiger partial charge in [0.1, 0.15) is 11.6 Å². The van der Waals surface area contributed by atoms with Crippen molar-refractivity contribution in [3.8, 4) is 5.75 Å². The number of hydrogen-bond donors (Lipinski definition) is 2. The molecule has 2 rings (SSSR count). The molecule has 0 bridgehead atoms. The minimum absolute atomic E-state index is 0.127. The number of rotatable bonds is 3. The van der Waals surface area contributed by atoms with Crippen molar-refractivity contribution in [3.05, 3.63) is 28.0 Å². The molecule has 0 amide bonds. The van der Waals surface area contributed by atoms with E-state index in [1.165, 1.54) is 13.2 Å². The summed E-state index contributed by atoms with van der Waals surface area (Å²) < 4.78 is 18.9. The van der Waals surface area contributed by atoms with Crippen LogP contribution in [0.1, 0.15) is 18.0 Å². The Bertz CT molecular complexity index is 481. The predicted molar refractivity (Wildman–Crippen MR) is 67.1 cm³/mol. The number of carbonyl (C=O) groups is 1. The summed E-state index contributed by atoms with van der Waals surface area (Å²) in [5.41, 5.74) is 0.773. The Labute approximate surface area is 112 Å². The van der Waals surface area contributed by atoms with Gasteiger partial charge in [-0.1, -0.05) is 6.07 Å². The molecule has 0 aromatic heterocycles. The van der Waals surface area contributed by atoms with Crippen LogP contribution in [0.25, 0.3) is 0 Å². The fraction of sp³-hybridized carbons (Fsp3) is 0.417. The first-order chi connectivity index (χ1) is 8.54. The highest BCUT2D eigenvalue weighted by molar-refractivity contribution is 9.10. The third kappa shape index (κ3) is 2.35. The van der Waals surface area contributed by atoms with E-state index in [-0.39, 0.29) is 10.5 Å². The van der Waals surface area contributed by atoms with E-state index in [0.717, 1.165) is 5.56 Å². The van der Waals surface area contributed by atoms with Crippen LogP contribution in [0, 0.1) is 11.7 Å². The van der Waals surface area contributed by atoms with E-state index >= 15 is 0 Å². The summed E-state index contributed by atoms with van der Waals surface area (Å²) in [6, 6.07) is 2.84. The fourth-order valence-corrected chi connectivity index (χ4v) is 2.71. The molecular formula is C12H13BrFNO3. The van der Waals surface area contributed by atoms with Gasteiger partial charge in [-0.2, -0.15) is 0 Å². The molecule has 1 saturated heterocycles. The predicted octanol–water partition coefficient (Wildman–Crippen LogP) is 2.33.